The van der Waals surface area contributed by atoms with Gasteiger partial charge in [0.1, 0.15) is 0 Å². The summed E-state index contributed by atoms with van der Waals surface area (Å²) in [4.78, 5) is 4.41. The standard InChI is InChI=1S/C37H59N/c1-33(2)37-30-29-34(3)32-35(37)26-22-20-18-16-14-12-10-8-6-4-5-7-9-11-13-15-17-19-21-23-27-36-28-24-25-31-38-36/h7,9,24-25,28-33H,4-6,8,10-23,26-27H2,1-3H3/b9-7-. The Kier molecular flexibility index (Phi) is 18.7. The van der Waals surface area contributed by atoms with Crippen LogP contribution < -0.4 is 0 Å². The fraction of sp³-hybridized carbons (Fsp3) is 0.649. The normalized spacial score (nSPS) is 11.7. The van der Waals surface area contributed by atoms with Crippen molar-refractivity contribution in [2.45, 2.75) is 155 Å². The maximum atomic E-state index is 4.41. The van der Waals surface area contributed by atoms with Crippen LogP contribution in [-0.2, 0) is 12.8 Å². The molecule has 0 bridgehead atoms. The van der Waals surface area contributed by atoms with Crippen molar-refractivity contribution in [2.75, 3.05) is 0 Å². The summed E-state index contributed by atoms with van der Waals surface area (Å²) in [7, 11) is 0. The number of pyridine rings is 1. The number of hydrogen-bond donors (Lipinski definition) is 0. The average molecular weight is 518 g/mol. The van der Waals surface area contributed by atoms with E-state index in [9.17, 15) is 0 Å². The highest BCUT2D eigenvalue weighted by molar-refractivity contribution is 5.33. The molecule has 0 saturated carbocycles. The molecule has 1 heteroatoms. The van der Waals surface area contributed by atoms with Crippen molar-refractivity contribution in [3.8, 4) is 0 Å². The first-order chi connectivity index (χ1) is 18.7. The van der Waals surface area contributed by atoms with Gasteiger partial charge < -0.3 is 0 Å². The highest BCUT2D eigenvalue weighted by atomic mass is 14.7. The molecule has 38 heavy (non-hydrogen) atoms. The van der Waals surface area contributed by atoms with E-state index in [0.29, 0.717) is 5.92 Å². The van der Waals surface area contributed by atoms with E-state index < -0.39 is 0 Å². The molecule has 2 rings (SSSR count). The third-order valence-electron chi connectivity index (χ3n) is 7.93. The van der Waals surface area contributed by atoms with Gasteiger partial charge in [-0.2, -0.15) is 0 Å². The Bertz CT molecular complexity index is 835. The number of unbranched alkanes of at least 4 members (excludes halogenated alkanes) is 16. The second-order valence-corrected chi connectivity index (χ2v) is 11.9. The Balaban J connectivity index is 1.28. The van der Waals surface area contributed by atoms with Crippen LogP contribution in [0, 0.1) is 6.92 Å². The van der Waals surface area contributed by atoms with E-state index in [1.807, 2.05) is 12.3 Å². The van der Waals surface area contributed by atoms with E-state index in [1.165, 1.54) is 133 Å². The molecule has 0 spiro atoms. The summed E-state index contributed by atoms with van der Waals surface area (Å²) in [5.74, 6) is 0.640. The summed E-state index contributed by atoms with van der Waals surface area (Å²) in [6.45, 7) is 6.87. The molecule has 0 unspecified atom stereocenters. The lowest BCUT2D eigenvalue weighted by Gasteiger charge is -2.13. The molecule has 0 aliphatic rings. The molecule has 1 nitrogen and oxygen atoms in total. The molecule has 0 saturated heterocycles. The van der Waals surface area contributed by atoms with Crippen LogP contribution in [0.1, 0.15) is 158 Å². The van der Waals surface area contributed by atoms with Gasteiger partial charge in [-0.05, 0) is 87.5 Å². The minimum atomic E-state index is 0.640. The second-order valence-electron chi connectivity index (χ2n) is 11.9. The monoisotopic (exact) mass is 517 g/mol. The topological polar surface area (TPSA) is 12.9 Å². The Morgan fingerprint density at radius 1 is 0.605 bits per heavy atom. The first-order valence-electron chi connectivity index (χ1n) is 16.3. The van der Waals surface area contributed by atoms with Crippen molar-refractivity contribution in [1.82, 2.24) is 4.98 Å². The lowest BCUT2D eigenvalue weighted by atomic mass is 9.92. The first-order valence-corrected chi connectivity index (χ1v) is 16.3. The Morgan fingerprint density at radius 3 is 1.66 bits per heavy atom. The maximum Gasteiger partial charge on any atom is 0.0403 e. The molecule has 2 aromatic rings. The molecule has 0 aliphatic carbocycles. The molecule has 0 radical (unpaired) electrons. The van der Waals surface area contributed by atoms with Crippen molar-refractivity contribution in [2.24, 2.45) is 0 Å². The fourth-order valence-electron chi connectivity index (χ4n) is 5.56. The van der Waals surface area contributed by atoms with Crippen LogP contribution >= 0.6 is 0 Å². The summed E-state index contributed by atoms with van der Waals surface area (Å²) >= 11 is 0. The molecule has 0 atom stereocenters. The van der Waals surface area contributed by atoms with Gasteiger partial charge in [0.15, 0.2) is 0 Å². The molecular formula is C37H59N. The molecule has 1 aromatic heterocycles. The summed E-state index contributed by atoms with van der Waals surface area (Å²) in [6, 6.07) is 13.3. The highest BCUT2D eigenvalue weighted by Gasteiger charge is 2.06. The molecule has 0 fully saturated rings. The van der Waals surface area contributed by atoms with Crippen LogP contribution in [0.15, 0.2) is 54.7 Å². The van der Waals surface area contributed by atoms with Crippen LogP contribution in [0.3, 0.4) is 0 Å². The van der Waals surface area contributed by atoms with Crippen LogP contribution in [0.4, 0.5) is 0 Å². The largest absolute Gasteiger partial charge is 0.261 e. The third kappa shape index (κ3) is 16.2. The quantitative estimate of drug-likeness (QED) is 0.105. The van der Waals surface area contributed by atoms with Crippen LogP contribution in [-0.4, -0.2) is 4.98 Å². The number of rotatable bonds is 23. The molecule has 0 amide bonds. The molecule has 1 aromatic carbocycles. The zero-order valence-electron chi connectivity index (χ0n) is 25.4. The van der Waals surface area contributed by atoms with Gasteiger partial charge in [0, 0.05) is 11.9 Å². The van der Waals surface area contributed by atoms with E-state index in [0.717, 1.165) is 6.42 Å². The summed E-state index contributed by atoms with van der Waals surface area (Å²) in [5.41, 5.74) is 5.80. The highest BCUT2D eigenvalue weighted by Crippen LogP contribution is 2.23. The first kappa shape index (κ1) is 32.3. The van der Waals surface area contributed by atoms with Crippen molar-refractivity contribution in [3.63, 3.8) is 0 Å². The number of allylic oxidation sites excluding steroid dienone is 2. The smallest absolute Gasteiger partial charge is 0.0403 e. The zero-order valence-corrected chi connectivity index (χ0v) is 25.4. The van der Waals surface area contributed by atoms with E-state index >= 15 is 0 Å². The van der Waals surface area contributed by atoms with Gasteiger partial charge >= 0.3 is 0 Å². The van der Waals surface area contributed by atoms with E-state index in [-0.39, 0.29) is 0 Å². The second kappa shape index (κ2) is 22.0. The van der Waals surface area contributed by atoms with Gasteiger partial charge in [0.25, 0.3) is 0 Å². The Labute approximate surface area is 237 Å². The van der Waals surface area contributed by atoms with Gasteiger partial charge in [-0.3, -0.25) is 4.98 Å². The van der Waals surface area contributed by atoms with Crippen molar-refractivity contribution in [1.29, 1.82) is 0 Å². The Morgan fingerprint density at radius 2 is 1.13 bits per heavy atom. The third-order valence-corrected chi connectivity index (χ3v) is 7.93. The van der Waals surface area contributed by atoms with Crippen LogP contribution in [0.2, 0.25) is 0 Å². The molecular weight excluding hydrogens is 458 g/mol. The van der Waals surface area contributed by atoms with E-state index in [1.54, 1.807) is 11.1 Å². The average Bonchev–Trinajstić information content (AvgIpc) is 2.92. The van der Waals surface area contributed by atoms with Crippen LogP contribution in [0.5, 0.6) is 0 Å². The molecule has 0 aliphatic heterocycles. The fourth-order valence-corrected chi connectivity index (χ4v) is 5.56. The number of hydrogen-bond acceptors (Lipinski definition) is 1. The molecule has 0 N–H and O–H groups in total. The Hall–Kier alpha value is -1.89. The number of benzene rings is 1. The van der Waals surface area contributed by atoms with Gasteiger partial charge in [0.2, 0.25) is 0 Å². The molecule has 212 valence electrons. The number of aryl methyl sites for hydroxylation is 3. The van der Waals surface area contributed by atoms with Crippen LogP contribution in [0.25, 0.3) is 0 Å². The lowest BCUT2D eigenvalue weighted by Crippen LogP contribution is -1.97. The SMILES string of the molecule is Cc1ccc(C(C)C)c(CCCCCCCCCCCC/C=C\CCCCCCCCc2ccccn2)c1. The van der Waals surface area contributed by atoms with E-state index in [4.69, 9.17) is 0 Å². The van der Waals surface area contributed by atoms with Crippen molar-refractivity contribution >= 4 is 0 Å². The zero-order chi connectivity index (χ0) is 27.1. The summed E-state index contributed by atoms with van der Waals surface area (Å²) in [5, 5.41) is 0. The van der Waals surface area contributed by atoms with Gasteiger partial charge in [0.05, 0.1) is 0 Å². The lowest BCUT2D eigenvalue weighted by molar-refractivity contribution is 0.552. The summed E-state index contributed by atoms with van der Waals surface area (Å²) < 4.78 is 0. The number of nitrogens with zero attached hydrogens (tertiary/aromatic N) is 1. The summed E-state index contributed by atoms with van der Waals surface area (Å²) in [6.07, 6.45) is 34.0. The van der Waals surface area contributed by atoms with E-state index in [2.05, 4.69) is 68.2 Å². The van der Waals surface area contributed by atoms with Crippen molar-refractivity contribution < 1.29 is 0 Å². The maximum absolute atomic E-state index is 4.41. The van der Waals surface area contributed by atoms with Gasteiger partial charge in [-0.25, -0.2) is 0 Å². The number of aromatic nitrogens is 1. The van der Waals surface area contributed by atoms with Crippen molar-refractivity contribution in [3.05, 3.63) is 77.1 Å². The minimum Gasteiger partial charge on any atom is -0.261 e. The van der Waals surface area contributed by atoms with Gasteiger partial charge in [-0.1, -0.05) is 133 Å². The minimum absolute atomic E-state index is 0.640. The predicted octanol–water partition coefficient (Wildman–Crippen LogP) is 11.9. The molecule has 1 heterocycles. The van der Waals surface area contributed by atoms with Gasteiger partial charge in [-0.15, -0.1) is 0 Å². The predicted molar refractivity (Wildman–Crippen MR) is 169 cm³/mol.